The Morgan fingerprint density at radius 1 is 0.895 bits per heavy atom. The summed E-state index contributed by atoms with van der Waals surface area (Å²) in [5.41, 5.74) is 7.61. The zero-order chi connectivity index (χ0) is 13.9. The van der Waals surface area contributed by atoms with Crippen LogP contribution in [0.2, 0.25) is 0 Å². The van der Waals surface area contributed by atoms with Crippen LogP contribution in [0, 0.1) is 5.41 Å². The normalized spacial score (nSPS) is 10.6. The van der Waals surface area contributed by atoms with E-state index in [1.54, 1.807) is 0 Å². The monoisotopic (exact) mass is 260 g/mol. The maximum Gasteiger partial charge on any atom is 0.122 e. The van der Waals surface area contributed by atoms with Gasteiger partial charge in [0.15, 0.2) is 0 Å². The van der Waals surface area contributed by atoms with E-state index in [-0.39, 0.29) is 5.84 Å². The van der Waals surface area contributed by atoms with Crippen molar-refractivity contribution in [2.75, 3.05) is 0 Å². The molecule has 0 aliphatic carbocycles. The molecule has 1 aromatic carbocycles. The highest BCUT2D eigenvalue weighted by Gasteiger charge is 1.97. The molecule has 0 aliphatic heterocycles. The minimum Gasteiger partial charge on any atom is -0.384 e. The summed E-state index contributed by atoms with van der Waals surface area (Å²) < 4.78 is 0. The van der Waals surface area contributed by atoms with Gasteiger partial charge in [-0.1, -0.05) is 76.1 Å². The highest BCUT2D eigenvalue weighted by atomic mass is 14.7. The molecule has 19 heavy (non-hydrogen) atoms. The number of unbranched alkanes of at least 4 members (excludes halogenated alkanes) is 7. The summed E-state index contributed by atoms with van der Waals surface area (Å²) in [6.45, 7) is 2.26. The second-order valence-electron chi connectivity index (χ2n) is 5.34. The third kappa shape index (κ3) is 7.00. The van der Waals surface area contributed by atoms with E-state index >= 15 is 0 Å². The van der Waals surface area contributed by atoms with Gasteiger partial charge in [-0.3, -0.25) is 5.41 Å². The van der Waals surface area contributed by atoms with Crippen molar-refractivity contribution < 1.29 is 0 Å². The molecular weight excluding hydrogens is 232 g/mol. The molecule has 2 nitrogen and oxygen atoms in total. The van der Waals surface area contributed by atoms with Gasteiger partial charge in [-0.2, -0.15) is 0 Å². The molecule has 0 atom stereocenters. The lowest BCUT2D eigenvalue weighted by atomic mass is 10.0. The van der Waals surface area contributed by atoms with Gasteiger partial charge < -0.3 is 5.73 Å². The number of aryl methyl sites for hydroxylation is 1. The molecule has 0 radical (unpaired) electrons. The zero-order valence-electron chi connectivity index (χ0n) is 12.3. The van der Waals surface area contributed by atoms with Gasteiger partial charge in [-0.15, -0.1) is 0 Å². The molecule has 0 saturated heterocycles. The summed E-state index contributed by atoms with van der Waals surface area (Å²) in [5, 5.41) is 7.35. The molecule has 1 rings (SSSR count). The molecule has 3 N–H and O–H groups in total. The quantitative estimate of drug-likeness (QED) is 0.359. The summed E-state index contributed by atoms with van der Waals surface area (Å²) in [6.07, 6.45) is 12.0. The molecule has 0 aromatic heterocycles. The van der Waals surface area contributed by atoms with Crippen molar-refractivity contribution in [3.63, 3.8) is 0 Å². The molecule has 0 fully saturated rings. The highest BCUT2D eigenvalue weighted by molar-refractivity contribution is 5.94. The first kappa shape index (κ1) is 15.7. The molecule has 0 spiro atoms. The van der Waals surface area contributed by atoms with Gasteiger partial charge in [-0.25, -0.2) is 0 Å². The summed E-state index contributed by atoms with van der Waals surface area (Å²) in [4.78, 5) is 0. The van der Waals surface area contributed by atoms with E-state index in [9.17, 15) is 0 Å². The average Bonchev–Trinajstić information content (AvgIpc) is 2.42. The number of hydrogen-bond donors (Lipinski definition) is 2. The van der Waals surface area contributed by atoms with Crippen molar-refractivity contribution in [1.82, 2.24) is 0 Å². The van der Waals surface area contributed by atoms with E-state index in [1.165, 1.54) is 56.9 Å². The molecule has 1 aromatic rings. The first-order chi connectivity index (χ1) is 9.24. The number of hydrogen-bond acceptors (Lipinski definition) is 1. The zero-order valence-corrected chi connectivity index (χ0v) is 12.3. The number of rotatable bonds is 10. The van der Waals surface area contributed by atoms with Crippen LogP contribution in [0.3, 0.4) is 0 Å². The fraction of sp³-hybridized carbons (Fsp3) is 0.588. The molecule has 0 bridgehead atoms. The molecular formula is C17H28N2. The van der Waals surface area contributed by atoms with Crippen LogP contribution >= 0.6 is 0 Å². The fourth-order valence-electron chi connectivity index (χ4n) is 2.31. The second kappa shape index (κ2) is 9.60. The van der Waals surface area contributed by atoms with Crippen LogP contribution < -0.4 is 5.73 Å². The maximum atomic E-state index is 7.35. The van der Waals surface area contributed by atoms with Crippen molar-refractivity contribution in [2.45, 2.75) is 64.7 Å². The Labute approximate surface area is 117 Å². The standard InChI is InChI=1S/C17H28N2/c1-2-3-4-5-6-7-8-9-10-15-11-13-16(14-12-15)17(18)19/h11-14H,2-10H2,1H3,(H3,18,19). The van der Waals surface area contributed by atoms with E-state index in [0.29, 0.717) is 0 Å². The Hall–Kier alpha value is -1.31. The number of nitrogens with two attached hydrogens (primary N) is 1. The third-order valence-corrected chi connectivity index (χ3v) is 3.58. The predicted molar refractivity (Wildman–Crippen MR) is 83.8 cm³/mol. The van der Waals surface area contributed by atoms with E-state index < -0.39 is 0 Å². The topological polar surface area (TPSA) is 49.9 Å². The second-order valence-corrected chi connectivity index (χ2v) is 5.34. The largest absolute Gasteiger partial charge is 0.384 e. The van der Waals surface area contributed by atoms with Crippen molar-refractivity contribution in [1.29, 1.82) is 5.41 Å². The molecule has 2 heteroatoms. The molecule has 0 heterocycles. The summed E-state index contributed by atoms with van der Waals surface area (Å²) in [6, 6.07) is 8.08. The van der Waals surface area contributed by atoms with Gasteiger partial charge in [0, 0.05) is 5.56 Å². The molecule has 106 valence electrons. The summed E-state index contributed by atoms with van der Waals surface area (Å²) in [7, 11) is 0. The Kier molecular flexibility index (Phi) is 7.95. The minimum absolute atomic E-state index is 0.152. The lowest BCUT2D eigenvalue weighted by molar-refractivity contribution is 0.575. The lowest BCUT2D eigenvalue weighted by Gasteiger charge is -2.04. The molecule has 0 amide bonds. The molecule has 0 unspecified atom stereocenters. The third-order valence-electron chi connectivity index (χ3n) is 3.58. The Bertz CT molecular complexity index is 354. The van der Waals surface area contributed by atoms with Crippen molar-refractivity contribution in [2.24, 2.45) is 5.73 Å². The number of nitrogens with one attached hydrogen (secondary N) is 1. The molecule has 0 saturated carbocycles. The van der Waals surface area contributed by atoms with Gasteiger partial charge in [0.25, 0.3) is 0 Å². The Morgan fingerprint density at radius 2 is 1.42 bits per heavy atom. The fourth-order valence-corrected chi connectivity index (χ4v) is 2.31. The minimum atomic E-state index is 0.152. The highest BCUT2D eigenvalue weighted by Crippen LogP contribution is 2.12. The van der Waals surface area contributed by atoms with Crippen molar-refractivity contribution >= 4 is 5.84 Å². The van der Waals surface area contributed by atoms with Gasteiger partial charge in [-0.05, 0) is 18.4 Å². The summed E-state index contributed by atoms with van der Waals surface area (Å²) >= 11 is 0. The first-order valence-electron chi connectivity index (χ1n) is 7.67. The predicted octanol–water partition coefficient (Wildman–Crippen LogP) is 4.65. The Morgan fingerprint density at radius 3 is 1.95 bits per heavy atom. The van der Waals surface area contributed by atoms with Gasteiger partial charge in [0.1, 0.15) is 5.84 Å². The van der Waals surface area contributed by atoms with Gasteiger partial charge >= 0.3 is 0 Å². The summed E-state index contributed by atoms with van der Waals surface area (Å²) in [5.74, 6) is 0.152. The maximum absolute atomic E-state index is 7.35. The SMILES string of the molecule is CCCCCCCCCCc1ccc(C(=N)N)cc1. The van der Waals surface area contributed by atoms with Crippen molar-refractivity contribution in [3.8, 4) is 0 Å². The van der Waals surface area contributed by atoms with Crippen LogP contribution in [0.4, 0.5) is 0 Å². The van der Waals surface area contributed by atoms with Gasteiger partial charge in [0.2, 0.25) is 0 Å². The smallest absolute Gasteiger partial charge is 0.122 e. The van der Waals surface area contributed by atoms with E-state index in [2.05, 4.69) is 19.1 Å². The van der Waals surface area contributed by atoms with Crippen molar-refractivity contribution in [3.05, 3.63) is 35.4 Å². The van der Waals surface area contributed by atoms with Crippen LogP contribution in [0.25, 0.3) is 0 Å². The average molecular weight is 260 g/mol. The number of nitrogen functional groups attached to an aromatic ring is 1. The first-order valence-corrected chi connectivity index (χ1v) is 7.67. The van der Waals surface area contributed by atoms with Crippen LogP contribution in [0.5, 0.6) is 0 Å². The Balaban J connectivity index is 2.07. The van der Waals surface area contributed by atoms with E-state index in [4.69, 9.17) is 11.1 Å². The van der Waals surface area contributed by atoms with Crippen LogP contribution in [-0.4, -0.2) is 5.84 Å². The van der Waals surface area contributed by atoms with Crippen LogP contribution in [0.15, 0.2) is 24.3 Å². The van der Waals surface area contributed by atoms with E-state index in [1.807, 2.05) is 12.1 Å². The van der Waals surface area contributed by atoms with Crippen LogP contribution in [-0.2, 0) is 6.42 Å². The number of benzene rings is 1. The van der Waals surface area contributed by atoms with E-state index in [0.717, 1.165) is 12.0 Å². The molecule has 0 aliphatic rings. The van der Waals surface area contributed by atoms with Gasteiger partial charge in [0.05, 0.1) is 0 Å². The lowest BCUT2D eigenvalue weighted by Crippen LogP contribution is -2.10. The van der Waals surface area contributed by atoms with Crippen LogP contribution in [0.1, 0.15) is 69.4 Å². The number of amidine groups is 1.